The number of methoxy groups -OCH3 is 1. The van der Waals surface area contributed by atoms with Crippen LogP contribution in [-0.2, 0) is 24.1 Å². The van der Waals surface area contributed by atoms with Crippen LogP contribution in [0.25, 0.3) is 0 Å². The first-order valence-electron chi connectivity index (χ1n) is 9.36. The Morgan fingerprint density at radius 1 is 1.54 bits per heavy atom. The van der Waals surface area contributed by atoms with Crippen LogP contribution in [0, 0.1) is 12.8 Å². The van der Waals surface area contributed by atoms with E-state index in [9.17, 15) is 4.79 Å². The van der Waals surface area contributed by atoms with Gasteiger partial charge in [0.1, 0.15) is 5.00 Å². The predicted octanol–water partition coefficient (Wildman–Crippen LogP) is 4.19. The molecule has 0 bridgehead atoms. The first kappa shape index (κ1) is 21.1. The topological polar surface area (TPSA) is 68.2 Å². The zero-order chi connectivity index (χ0) is 20.3. The highest BCUT2D eigenvalue weighted by Crippen LogP contribution is 2.39. The van der Waals surface area contributed by atoms with E-state index in [0.29, 0.717) is 28.2 Å². The van der Waals surface area contributed by atoms with Crippen LogP contribution in [0.4, 0.5) is 5.00 Å². The van der Waals surface area contributed by atoms with Gasteiger partial charge in [-0.2, -0.15) is 5.10 Å². The first-order valence-corrected chi connectivity index (χ1v) is 11.0. The lowest BCUT2D eigenvalue weighted by Gasteiger charge is -2.18. The average Bonchev–Trinajstić information content (AvgIpc) is 3.17. The number of hydrogen-bond donors (Lipinski definition) is 2. The first-order chi connectivity index (χ1) is 13.4. The van der Waals surface area contributed by atoms with E-state index < -0.39 is 0 Å². The van der Waals surface area contributed by atoms with Crippen LogP contribution < -0.4 is 10.6 Å². The standard InChI is InChI=1S/C19H25ClN4O2S2/c1-11-5-6-13-15(9-11)28-17(16(13)18(25)26-3)23-19(27)21-7-4-8-24-12(2)14(20)10-22-24/h10-11H,4-9H2,1-3H3,(H2,21,23,27). The molecule has 0 radical (unpaired) electrons. The van der Waals surface area contributed by atoms with Crippen molar-refractivity contribution >= 4 is 51.2 Å². The Morgan fingerprint density at radius 2 is 2.32 bits per heavy atom. The molecule has 1 unspecified atom stereocenters. The molecule has 0 amide bonds. The molecule has 1 aliphatic carbocycles. The van der Waals surface area contributed by atoms with Gasteiger partial charge in [-0.25, -0.2) is 4.79 Å². The van der Waals surface area contributed by atoms with Gasteiger partial charge in [0.05, 0.1) is 29.6 Å². The smallest absolute Gasteiger partial charge is 0.341 e. The molecule has 0 saturated heterocycles. The van der Waals surface area contributed by atoms with Crippen LogP contribution in [0.2, 0.25) is 5.02 Å². The summed E-state index contributed by atoms with van der Waals surface area (Å²) in [6, 6.07) is 0. The molecule has 3 rings (SSSR count). The number of carbonyl (C=O) groups excluding carboxylic acids is 1. The van der Waals surface area contributed by atoms with Gasteiger partial charge in [0.2, 0.25) is 0 Å². The van der Waals surface area contributed by atoms with Crippen molar-refractivity contribution in [1.82, 2.24) is 15.1 Å². The Kier molecular flexibility index (Phi) is 6.95. The Labute approximate surface area is 179 Å². The maximum Gasteiger partial charge on any atom is 0.341 e. The second kappa shape index (κ2) is 9.24. The van der Waals surface area contributed by atoms with Gasteiger partial charge in [-0.05, 0) is 56.3 Å². The number of nitrogens with one attached hydrogen (secondary N) is 2. The van der Waals surface area contributed by atoms with E-state index in [-0.39, 0.29) is 5.97 Å². The fraction of sp³-hybridized carbons (Fsp3) is 0.526. The number of halogens is 1. The van der Waals surface area contributed by atoms with E-state index in [2.05, 4.69) is 22.7 Å². The fourth-order valence-corrected chi connectivity index (χ4v) is 5.20. The second-order valence-electron chi connectivity index (χ2n) is 7.08. The molecular formula is C19H25ClN4O2S2. The summed E-state index contributed by atoms with van der Waals surface area (Å²) in [6.45, 7) is 5.64. The quantitative estimate of drug-likeness (QED) is 0.398. The summed E-state index contributed by atoms with van der Waals surface area (Å²) in [5.74, 6) is 0.331. The minimum atomic E-state index is -0.302. The van der Waals surface area contributed by atoms with Crippen molar-refractivity contribution in [1.29, 1.82) is 0 Å². The number of esters is 1. The van der Waals surface area contributed by atoms with Crippen molar-refractivity contribution in [2.24, 2.45) is 5.92 Å². The molecule has 6 nitrogen and oxygen atoms in total. The summed E-state index contributed by atoms with van der Waals surface area (Å²) < 4.78 is 6.89. The number of fused-ring (bicyclic) bond motifs is 1. The van der Waals surface area contributed by atoms with Gasteiger partial charge >= 0.3 is 5.97 Å². The molecule has 1 aliphatic rings. The molecule has 9 heteroatoms. The van der Waals surface area contributed by atoms with Crippen LogP contribution in [-0.4, -0.2) is 34.5 Å². The summed E-state index contributed by atoms with van der Waals surface area (Å²) in [7, 11) is 1.42. The summed E-state index contributed by atoms with van der Waals surface area (Å²) in [6.07, 6.45) is 5.50. The maximum absolute atomic E-state index is 12.3. The number of nitrogens with zero attached hydrogens (tertiary/aromatic N) is 2. The van der Waals surface area contributed by atoms with Crippen molar-refractivity contribution in [3.05, 3.63) is 32.9 Å². The number of aryl methyl sites for hydroxylation is 1. The Balaban J connectivity index is 1.59. The monoisotopic (exact) mass is 440 g/mol. The summed E-state index contributed by atoms with van der Waals surface area (Å²) in [4.78, 5) is 13.6. The lowest BCUT2D eigenvalue weighted by Crippen LogP contribution is -2.30. The minimum absolute atomic E-state index is 0.302. The van der Waals surface area contributed by atoms with Crippen LogP contribution in [0.1, 0.15) is 46.3 Å². The van der Waals surface area contributed by atoms with Crippen molar-refractivity contribution in [2.45, 2.75) is 46.1 Å². The third-order valence-corrected chi connectivity index (χ3v) is 6.79. The molecule has 2 aromatic rings. The molecule has 0 spiro atoms. The molecule has 0 saturated carbocycles. The zero-order valence-corrected chi connectivity index (χ0v) is 18.7. The van der Waals surface area contributed by atoms with Gasteiger partial charge in [-0.15, -0.1) is 11.3 Å². The van der Waals surface area contributed by atoms with E-state index in [4.69, 9.17) is 28.6 Å². The third kappa shape index (κ3) is 4.67. The molecule has 28 heavy (non-hydrogen) atoms. The van der Waals surface area contributed by atoms with Gasteiger partial charge in [0, 0.05) is 18.0 Å². The summed E-state index contributed by atoms with van der Waals surface area (Å²) >= 11 is 13.1. The van der Waals surface area contributed by atoms with Crippen molar-refractivity contribution in [2.75, 3.05) is 19.0 Å². The average molecular weight is 441 g/mol. The zero-order valence-electron chi connectivity index (χ0n) is 16.3. The van der Waals surface area contributed by atoms with Crippen LogP contribution in [0.5, 0.6) is 0 Å². The van der Waals surface area contributed by atoms with Gasteiger partial charge in [0.25, 0.3) is 0 Å². The fourth-order valence-electron chi connectivity index (χ4n) is 3.38. The summed E-state index contributed by atoms with van der Waals surface area (Å²) in [5, 5.41) is 12.6. The highest BCUT2D eigenvalue weighted by atomic mass is 35.5. The number of hydrogen-bond acceptors (Lipinski definition) is 5. The van der Waals surface area contributed by atoms with Crippen molar-refractivity contribution in [3.8, 4) is 0 Å². The largest absolute Gasteiger partial charge is 0.465 e. The number of thiophene rings is 1. The Hall–Kier alpha value is -1.64. The molecule has 0 fully saturated rings. The van der Waals surface area contributed by atoms with Crippen LogP contribution >= 0.6 is 35.2 Å². The molecule has 0 aliphatic heterocycles. The van der Waals surface area contributed by atoms with Gasteiger partial charge in [-0.3, -0.25) is 4.68 Å². The van der Waals surface area contributed by atoms with E-state index in [1.807, 2.05) is 11.6 Å². The number of aromatic nitrogens is 2. The maximum atomic E-state index is 12.3. The normalized spacial score (nSPS) is 15.8. The third-order valence-electron chi connectivity index (χ3n) is 5.00. The van der Waals surface area contributed by atoms with E-state index in [0.717, 1.165) is 48.5 Å². The van der Waals surface area contributed by atoms with Gasteiger partial charge in [0.15, 0.2) is 5.11 Å². The van der Waals surface area contributed by atoms with Crippen LogP contribution in [0.15, 0.2) is 6.20 Å². The van der Waals surface area contributed by atoms with E-state index >= 15 is 0 Å². The molecule has 152 valence electrons. The number of rotatable bonds is 6. The lowest BCUT2D eigenvalue weighted by atomic mass is 9.88. The van der Waals surface area contributed by atoms with Crippen molar-refractivity contribution in [3.63, 3.8) is 0 Å². The Morgan fingerprint density at radius 3 is 3.00 bits per heavy atom. The molecule has 2 heterocycles. The molecule has 1 atom stereocenters. The van der Waals surface area contributed by atoms with Gasteiger partial charge < -0.3 is 15.4 Å². The van der Waals surface area contributed by atoms with Crippen LogP contribution in [0.3, 0.4) is 0 Å². The minimum Gasteiger partial charge on any atom is -0.465 e. The SMILES string of the molecule is COC(=O)c1c(NC(=S)NCCCn2ncc(Cl)c2C)sc2c1CCC(C)C2. The summed E-state index contributed by atoms with van der Waals surface area (Å²) in [5.41, 5.74) is 2.72. The predicted molar refractivity (Wildman–Crippen MR) is 118 cm³/mol. The number of ether oxygens (including phenoxy) is 1. The lowest BCUT2D eigenvalue weighted by molar-refractivity contribution is 0.0601. The van der Waals surface area contributed by atoms with E-state index in [1.54, 1.807) is 17.5 Å². The molecule has 0 aromatic carbocycles. The van der Waals surface area contributed by atoms with E-state index in [1.165, 1.54) is 12.0 Å². The number of thiocarbonyl (C=S) groups is 1. The highest BCUT2D eigenvalue weighted by Gasteiger charge is 2.28. The number of carbonyl (C=O) groups is 1. The van der Waals surface area contributed by atoms with Gasteiger partial charge in [-0.1, -0.05) is 18.5 Å². The van der Waals surface area contributed by atoms with Crippen molar-refractivity contribution < 1.29 is 9.53 Å². The number of anilines is 1. The Bertz CT molecular complexity index is 878. The highest BCUT2D eigenvalue weighted by molar-refractivity contribution is 7.80. The molecule has 2 N–H and O–H groups in total. The molecule has 2 aromatic heterocycles. The second-order valence-corrected chi connectivity index (χ2v) is 9.00. The molecular weight excluding hydrogens is 416 g/mol.